The molecule has 1 N–H and O–H groups in total. The Hall–Kier alpha value is -2.58. The van der Waals surface area contributed by atoms with Crippen LogP contribution in [-0.2, 0) is 12.8 Å². The molecule has 0 bridgehead atoms. The molecule has 0 fully saturated rings. The van der Waals surface area contributed by atoms with E-state index in [1.54, 1.807) is 0 Å². The number of fused-ring (bicyclic) bond motifs is 1. The lowest BCUT2D eigenvalue weighted by Gasteiger charge is -2.14. The number of nitrogens with zero attached hydrogens (tertiary/aromatic N) is 1. The van der Waals surface area contributed by atoms with E-state index in [2.05, 4.69) is 48.3 Å². The molecule has 0 aliphatic heterocycles. The zero-order valence-corrected chi connectivity index (χ0v) is 14.7. The molecule has 0 saturated heterocycles. The third-order valence-corrected chi connectivity index (χ3v) is 4.83. The average molecular weight is 347 g/mol. The maximum Gasteiger partial charge on any atom is 0.0726 e. The highest BCUT2D eigenvalue weighted by molar-refractivity contribution is 6.30. The van der Waals surface area contributed by atoms with E-state index < -0.39 is 0 Å². The highest BCUT2D eigenvalue weighted by Crippen LogP contribution is 2.34. The maximum atomic E-state index is 6.16. The van der Waals surface area contributed by atoms with Gasteiger partial charge in [-0.1, -0.05) is 48.5 Å². The first-order valence-electron chi connectivity index (χ1n) is 8.51. The molecule has 0 amide bonds. The predicted molar refractivity (Wildman–Crippen MR) is 107 cm³/mol. The Kier molecular flexibility index (Phi) is 4.29. The highest BCUT2D eigenvalue weighted by Gasteiger charge is 2.18. The van der Waals surface area contributed by atoms with Crippen molar-refractivity contribution in [3.8, 4) is 11.3 Å². The molecule has 1 aliphatic carbocycles. The molecule has 0 atom stereocenters. The Bertz CT molecular complexity index is 929. The van der Waals surface area contributed by atoms with Crippen LogP contribution < -0.4 is 5.32 Å². The molecule has 3 heteroatoms. The highest BCUT2D eigenvalue weighted by atomic mass is 35.5. The summed E-state index contributed by atoms with van der Waals surface area (Å²) in [5.41, 5.74) is 7.87. The molecule has 1 heterocycles. The minimum Gasteiger partial charge on any atom is -0.355 e. The molecular formula is C22H19ClN2. The summed E-state index contributed by atoms with van der Waals surface area (Å²) in [5.74, 6) is 0. The van der Waals surface area contributed by atoms with Gasteiger partial charge in [0.15, 0.2) is 0 Å². The summed E-state index contributed by atoms with van der Waals surface area (Å²) in [6, 6.07) is 18.3. The number of halogens is 1. The van der Waals surface area contributed by atoms with Crippen molar-refractivity contribution >= 4 is 29.1 Å². The fourth-order valence-corrected chi connectivity index (χ4v) is 3.50. The van der Waals surface area contributed by atoms with Crippen molar-refractivity contribution in [1.29, 1.82) is 0 Å². The van der Waals surface area contributed by atoms with Crippen LogP contribution in [0.1, 0.15) is 23.2 Å². The second-order valence-electron chi connectivity index (χ2n) is 6.30. The van der Waals surface area contributed by atoms with Gasteiger partial charge in [0.25, 0.3) is 0 Å². The summed E-state index contributed by atoms with van der Waals surface area (Å²) in [6.07, 6.45) is 5.12. The molecule has 1 aliphatic rings. The van der Waals surface area contributed by atoms with E-state index in [-0.39, 0.29) is 0 Å². The number of aromatic nitrogens is 1. The van der Waals surface area contributed by atoms with E-state index in [4.69, 9.17) is 16.6 Å². The predicted octanol–water partition coefficient (Wildman–Crippen LogP) is 6.28. The average Bonchev–Trinajstić information content (AvgIpc) is 3.11. The van der Waals surface area contributed by atoms with Crippen molar-refractivity contribution in [3.63, 3.8) is 0 Å². The van der Waals surface area contributed by atoms with Crippen LogP contribution >= 0.6 is 11.6 Å². The molecule has 1 aromatic heterocycles. The normalized spacial score (nSPS) is 12.7. The van der Waals surface area contributed by atoms with E-state index in [0.717, 1.165) is 52.5 Å². The minimum atomic E-state index is 0.731. The quantitative estimate of drug-likeness (QED) is 0.601. The van der Waals surface area contributed by atoms with Gasteiger partial charge in [0.05, 0.1) is 5.69 Å². The van der Waals surface area contributed by atoms with E-state index >= 15 is 0 Å². The second kappa shape index (κ2) is 6.73. The standard InChI is InChI=1S/C22H19ClN2/c1-2-15-9-11-18(12-10-15)24-22-14-21(16-5-3-6-17(23)13-16)25-20-8-4-7-19(20)22/h2-3,5-6,9-14H,1,4,7-8H2,(H,24,25). The summed E-state index contributed by atoms with van der Waals surface area (Å²) in [4.78, 5) is 4.88. The van der Waals surface area contributed by atoms with Crippen LogP contribution in [-0.4, -0.2) is 4.98 Å². The lowest BCUT2D eigenvalue weighted by atomic mass is 10.1. The molecule has 25 heavy (non-hydrogen) atoms. The number of hydrogen-bond acceptors (Lipinski definition) is 2. The number of rotatable bonds is 4. The van der Waals surface area contributed by atoms with Gasteiger partial charge in [-0.05, 0) is 60.7 Å². The molecule has 4 rings (SSSR count). The minimum absolute atomic E-state index is 0.731. The van der Waals surface area contributed by atoms with Gasteiger partial charge in [0, 0.05) is 27.7 Å². The molecule has 0 unspecified atom stereocenters. The monoisotopic (exact) mass is 346 g/mol. The fraction of sp³-hybridized carbons (Fsp3) is 0.136. The summed E-state index contributed by atoms with van der Waals surface area (Å²) in [6.45, 7) is 3.80. The molecule has 0 radical (unpaired) electrons. The smallest absolute Gasteiger partial charge is 0.0726 e. The summed E-state index contributed by atoms with van der Waals surface area (Å²) >= 11 is 6.16. The number of pyridine rings is 1. The van der Waals surface area contributed by atoms with Crippen molar-refractivity contribution < 1.29 is 0 Å². The van der Waals surface area contributed by atoms with Gasteiger partial charge in [0.1, 0.15) is 0 Å². The Morgan fingerprint density at radius 1 is 1.04 bits per heavy atom. The zero-order chi connectivity index (χ0) is 17.2. The van der Waals surface area contributed by atoms with Gasteiger partial charge in [-0.3, -0.25) is 4.98 Å². The third kappa shape index (κ3) is 3.31. The molecule has 0 saturated carbocycles. The topological polar surface area (TPSA) is 24.9 Å². The van der Waals surface area contributed by atoms with Crippen LogP contribution in [0.5, 0.6) is 0 Å². The molecule has 0 spiro atoms. The van der Waals surface area contributed by atoms with Crippen LogP contribution in [0.2, 0.25) is 5.02 Å². The third-order valence-electron chi connectivity index (χ3n) is 4.60. The van der Waals surface area contributed by atoms with E-state index in [1.807, 2.05) is 24.3 Å². The van der Waals surface area contributed by atoms with E-state index in [1.165, 1.54) is 11.3 Å². The number of benzene rings is 2. The molecule has 3 aromatic rings. The van der Waals surface area contributed by atoms with Crippen molar-refractivity contribution in [2.45, 2.75) is 19.3 Å². The summed E-state index contributed by atoms with van der Waals surface area (Å²) in [5, 5.41) is 4.30. The van der Waals surface area contributed by atoms with Crippen LogP contribution in [0.15, 0.2) is 61.2 Å². The van der Waals surface area contributed by atoms with E-state index in [0.29, 0.717) is 0 Å². The largest absolute Gasteiger partial charge is 0.355 e. The Balaban J connectivity index is 1.74. The maximum absolute atomic E-state index is 6.16. The number of hydrogen-bond donors (Lipinski definition) is 1. The fourth-order valence-electron chi connectivity index (χ4n) is 3.31. The van der Waals surface area contributed by atoms with Crippen LogP contribution in [0.25, 0.3) is 17.3 Å². The van der Waals surface area contributed by atoms with Crippen LogP contribution in [0.4, 0.5) is 11.4 Å². The van der Waals surface area contributed by atoms with Gasteiger partial charge >= 0.3 is 0 Å². The number of aryl methyl sites for hydroxylation is 1. The van der Waals surface area contributed by atoms with Gasteiger partial charge in [0.2, 0.25) is 0 Å². The lowest BCUT2D eigenvalue weighted by molar-refractivity contribution is 0.900. The van der Waals surface area contributed by atoms with E-state index in [9.17, 15) is 0 Å². The van der Waals surface area contributed by atoms with Crippen molar-refractivity contribution in [3.05, 3.63) is 83.0 Å². The Labute approximate surface area is 153 Å². The van der Waals surface area contributed by atoms with Crippen LogP contribution in [0.3, 0.4) is 0 Å². The SMILES string of the molecule is C=Cc1ccc(Nc2cc(-c3cccc(Cl)c3)nc3c2CCC3)cc1. The molecule has 2 aromatic carbocycles. The van der Waals surface area contributed by atoms with Gasteiger partial charge in [-0.25, -0.2) is 0 Å². The van der Waals surface area contributed by atoms with Gasteiger partial charge in [-0.2, -0.15) is 0 Å². The van der Waals surface area contributed by atoms with Crippen LogP contribution in [0, 0.1) is 0 Å². The lowest BCUT2D eigenvalue weighted by Crippen LogP contribution is -2.00. The zero-order valence-electron chi connectivity index (χ0n) is 13.9. The molecule has 2 nitrogen and oxygen atoms in total. The Morgan fingerprint density at radius 2 is 1.88 bits per heavy atom. The van der Waals surface area contributed by atoms with Crippen molar-refractivity contribution in [2.24, 2.45) is 0 Å². The van der Waals surface area contributed by atoms with Gasteiger partial charge < -0.3 is 5.32 Å². The van der Waals surface area contributed by atoms with Crippen molar-refractivity contribution in [2.75, 3.05) is 5.32 Å². The summed E-state index contributed by atoms with van der Waals surface area (Å²) in [7, 11) is 0. The first kappa shape index (κ1) is 15.9. The number of anilines is 2. The second-order valence-corrected chi connectivity index (χ2v) is 6.73. The first-order chi connectivity index (χ1) is 12.2. The Morgan fingerprint density at radius 3 is 2.64 bits per heavy atom. The van der Waals surface area contributed by atoms with Gasteiger partial charge in [-0.15, -0.1) is 0 Å². The number of nitrogens with one attached hydrogen (secondary N) is 1. The molecule has 124 valence electrons. The van der Waals surface area contributed by atoms with Crippen molar-refractivity contribution in [1.82, 2.24) is 4.98 Å². The summed E-state index contributed by atoms with van der Waals surface area (Å²) < 4.78 is 0. The first-order valence-corrected chi connectivity index (χ1v) is 8.89. The molecular weight excluding hydrogens is 328 g/mol.